The van der Waals surface area contributed by atoms with Crippen molar-refractivity contribution in [1.82, 2.24) is 0 Å². The first-order valence-corrected chi connectivity index (χ1v) is 7.82. The fraction of sp³-hybridized carbons (Fsp3) is 0.353. The smallest absolute Gasteiger partial charge is 0.303 e. The lowest BCUT2D eigenvalue weighted by Gasteiger charge is -2.11. The molecule has 0 saturated heterocycles. The van der Waals surface area contributed by atoms with E-state index in [-0.39, 0.29) is 36.5 Å². The van der Waals surface area contributed by atoms with Crippen LogP contribution in [0, 0.1) is 0 Å². The standard InChI is InChI=1S/C17H19BrO4/c1-3-14(22-12(2)19)8-6-7-13(20)11-17(21)15-9-4-5-10-16(15)18/h3-5,9-10,14H,1,6-8,11H2,2H3. The number of rotatable bonds is 9. The van der Waals surface area contributed by atoms with Crippen molar-refractivity contribution in [3.63, 3.8) is 0 Å². The van der Waals surface area contributed by atoms with Crippen LogP contribution >= 0.6 is 15.9 Å². The third kappa shape index (κ3) is 6.35. The Balaban J connectivity index is 2.40. The highest BCUT2D eigenvalue weighted by atomic mass is 79.9. The lowest BCUT2D eigenvalue weighted by molar-refractivity contribution is -0.144. The topological polar surface area (TPSA) is 60.4 Å². The molecule has 5 heteroatoms. The predicted molar refractivity (Wildman–Crippen MR) is 87.7 cm³/mol. The second-order valence-electron chi connectivity index (χ2n) is 4.89. The van der Waals surface area contributed by atoms with Crippen molar-refractivity contribution >= 4 is 33.5 Å². The van der Waals surface area contributed by atoms with Crippen molar-refractivity contribution in [2.45, 2.75) is 38.7 Å². The zero-order chi connectivity index (χ0) is 16.5. The van der Waals surface area contributed by atoms with E-state index in [1.807, 2.05) is 6.07 Å². The molecule has 118 valence electrons. The van der Waals surface area contributed by atoms with E-state index in [0.29, 0.717) is 22.9 Å². The minimum atomic E-state index is -0.385. The molecule has 0 amide bonds. The third-order valence-corrected chi connectivity index (χ3v) is 3.75. The fourth-order valence-electron chi connectivity index (χ4n) is 1.99. The van der Waals surface area contributed by atoms with Crippen LogP contribution in [0.2, 0.25) is 0 Å². The van der Waals surface area contributed by atoms with Gasteiger partial charge >= 0.3 is 5.97 Å². The van der Waals surface area contributed by atoms with Gasteiger partial charge in [0.15, 0.2) is 5.78 Å². The molecule has 0 aliphatic rings. The minimum absolute atomic E-state index is 0.116. The van der Waals surface area contributed by atoms with Crippen LogP contribution in [0.3, 0.4) is 0 Å². The summed E-state index contributed by atoms with van der Waals surface area (Å²) in [5, 5.41) is 0. The Labute approximate surface area is 138 Å². The first kappa shape index (κ1) is 18.3. The van der Waals surface area contributed by atoms with Gasteiger partial charge in [0.2, 0.25) is 0 Å². The maximum absolute atomic E-state index is 12.0. The van der Waals surface area contributed by atoms with Crippen molar-refractivity contribution in [3.05, 3.63) is 47.0 Å². The van der Waals surface area contributed by atoms with Crippen molar-refractivity contribution in [2.75, 3.05) is 0 Å². The Morgan fingerprint density at radius 2 is 2.00 bits per heavy atom. The largest absolute Gasteiger partial charge is 0.458 e. The molecular weight excluding hydrogens is 348 g/mol. The third-order valence-electron chi connectivity index (χ3n) is 3.06. The van der Waals surface area contributed by atoms with E-state index in [0.717, 1.165) is 0 Å². The Morgan fingerprint density at radius 3 is 2.59 bits per heavy atom. The summed E-state index contributed by atoms with van der Waals surface area (Å²) in [4.78, 5) is 34.8. The van der Waals surface area contributed by atoms with Gasteiger partial charge in [-0.2, -0.15) is 0 Å². The molecule has 0 aromatic heterocycles. The molecule has 1 rings (SSSR count). The van der Waals surface area contributed by atoms with E-state index in [2.05, 4.69) is 22.5 Å². The van der Waals surface area contributed by atoms with E-state index in [1.165, 1.54) is 13.0 Å². The molecule has 1 unspecified atom stereocenters. The molecule has 1 aromatic rings. The number of ether oxygens (including phenoxy) is 1. The van der Waals surface area contributed by atoms with E-state index in [9.17, 15) is 14.4 Å². The molecule has 22 heavy (non-hydrogen) atoms. The normalized spacial score (nSPS) is 11.5. The van der Waals surface area contributed by atoms with Crippen LogP contribution in [0.25, 0.3) is 0 Å². The lowest BCUT2D eigenvalue weighted by Crippen LogP contribution is -2.14. The second-order valence-corrected chi connectivity index (χ2v) is 5.75. The molecule has 0 spiro atoms. The zero-order valence-corrected chi connectivity index (χ0v) is 14.1. The van der Waals surface area contributed by atoms with Gasteiger partial charge < -0.3 is 4.74 Å². The first-order chi connectivity index (χ1) is 10.4. The Bertz CT molecular complexity index is 566. The van der Waals surface area contributed by atoms with Gasteiger partial charge in [-0.05, 0) is 18.9 Å². The van der Waals surface area contributed by atoms with Crippen LogP contribution in [-0.4, -0.2) is 23.6 Å². The SMILES string of the molecule is C=CC(CCCC(=O)CC(=O)c1ccccc1Br)OC(C)=O. The maximum Gasteiger partial charge on any atom is 0.303 e. The van der Waals surface area contributed by atoms with Gasteiger partial charge in [-0.3, -0.25) is 14.4 Å². The molecular formula is C17H19BrO4. The minimum Gasteiger partial charge on any atom is -0.458 e. The second kappa shape index (κ2) is 9.30. The van der Waals surface area contributed by atoms with Crippen LogP contribution in [-0.2, 0) is 14.3 Å². The van der Waals surface area contributed by atoms with Crippen LogP contribution in [0.1, 0.15) is 43.0 Å². The summed E-state index contributed by atoms with van der Waals surface area (Å²) < 4.78 is 5.70. The number of esters is 1. The summed E-state index contributed by atoms with van der Waals surface area (Å²) in [5.41, 5.74) is 0.514. The van der Waals surface area contributed by atoms with Crippen molar-refractivity contribution < 1.29 is 19.1 Å². The van der Waals surface area contributed by atoms with E-state index < -0.39 is 0 Å². The molecule has 0 radical (unpaired) electrons. The molecule has 0 bridgehead atoms. The molecule has 1 aromatic carbocycles. The van der Waals surface area contributed by atoms with Gasteiger partial charge in [0, 0.05) is 23.4 Å². The van der Waals surface area contributed by atoms with E-state index >= 15 is 0 Å². The van der Waals surface area contributed by atoms with Gasteiger partial charge in [-0.15, -0.1) is 0 Å². The van der Waals surface area contributed by atoms with Crippen LogP contribution in [0.5, 0.6) is 0 Å². The van der Waals surface area contributed by atoms with Gasteiger partial charge in [-0.1, -0.05) is 46.8 Å². The number of hydrogen-bond donors (Lipinski definition) is 0. The maximum atomic E-state index is 12.0. The molecule has 0 heterocycles. The number of benzene rings is 1. The Morgan fingerprint density at radius 1 is 1.32 bits per heavy atom. The predicted octanol–water partition coefficient (Wildman–Crippen LogP) is 3.88. The Kier molecular flexibility index (Phi) is 7.74. The highest BCUT2D eigenvalue weighted by Crippen LogP contribution is 2.18. The van der Waals surface area contributed by atoms with Crippen molar-refractivity contribution in [1.29, 1.82) is 0 Å². The molecule has 0 aliphatic carbocycles. The quantitative estimate of drug-likeness (QED) is 0.288. The van der Waals surface area contributed by atoms with Crippen LogP contribution < -0.4 is 0 Å². The molecule has 0 N–H and O–H groups in total. The van der Waals surface area contributed by atoms with Gasteiger partial charge in [-0.25, -0.2) is 0 Å². The average Bonchev–Trinajstić information content (AvgIpc) is 2.46. The monoisotopic (exact) mass is 366 g/mol. The highest BCUT2D eigenvalue weighted by molar-refractivity contribution is 9.10. The fourth-order valence-corrected chi connectivity index (χ4v) is 2.49. The number of carbonyl (C=O) groups is 3. The van der Waals surface area contributed by atoms with E-state index in [1.54, 1.807) is 18.2 Å². The van der Waals surface area contributed by atoms with Gasteiger partial charge in [0.25, 0.3) is 0 Å². The van der Waals surface area contributed by atoms with Gasteiger partial charge in [0.05, 0.1) is 6.42 Å². The molecule has 0 fully saturated rings. The number of ketones is 2. The molecule has 4 nitrogen and oxygen atoms in total. The van der Waals surface area contributed by atoms with Crippen LogP contribution in [0.4, 0.5) is 0 Å². The van der Waals surface area contributed by atoms with Crippen molar-refractivity contribution in [3.8, 4) is 0 Å². The van der Waals surface area contributed by atoms with Crippen LogP contribution in [0.15, 0.2) is 41.4 Å². The molecule has 0 saturated carbocycles. The molecule has 1 atom stereocenters. The average molecular weight is 367 g/mol. The lowest BCUT2D eigenvalue weighted by atomic mass is 10.0. The first-order valence-electron chi connectivity index (χ1n) is 7.03. The van der Waals surface area contributed by atoms with Crippen molar-refractivity contribution in [2.24, 2.45) is 0 Å². The number of hydrogen-bond acceptors (Lipinski definition) is 4. The zero-order valence-electron chi connectivity index (χ0n) is 12.5. The summed E-state index contributed by atoms with van der Waals surface area (Å²) in [7, 11) is 0. The van der Waals surface area contributed by atoms with E-state index in [4.69, 9.17) is 4.74 Å². The number of halogens is 1. The summed E-state index contributed by atoms with van der Waals surface area (Å²) >= 11 is 3.30. The Hall–Kier alpha value is -1.75. The number of carbonyl (C=O) groups excluding carboxylic acids is 3. The summed E-state index contributed by atoms with van der Waals surface area (Å²) in [6.07, 6.45) is 2.39. The van der Waals surface area contributed by atoms with Gasteiger partial charge in [0.1, 0.15) is 11.9 Å². The summed E-state index contributed by atoms with van der Waals surface area (Å²) in [6.45, 7) is 4.92. The highest BCUT2D eigenvalue weighted by Gasteiger charge is 2.15. The summed E-state index contributed by atoms with van der Waals surface area (Å²) in [5.74, 6) is -0.690. The number of Topliss-reactive ketones (excluding diaryl/α,β-unsaturated/α-hetero) is 2. The summed E-state index contributed by atoms with van der Waals surface area (Å²) in [6, 6.07) is 7.03. The molecule has 0 aliphatic heterocycles.